The molecule has 0 fully saturated rings. The van der Waals surface area contributed by atoms with E-state index < -0.39 is 20.8 Å². The lowest BCUT2D eigenvalue weighted by atomic mass is 10.0. The number of phenolic OH excluding ortho intramolecular Hbond substituents is 1. The molecule has 112 valence electrons. The summed E-state index contributed by atoms with van der Waals surface area (Å²) in [6, 6.07) is 3.74. The van der Waals surface area contributed by atoms with Crippen LogP contribution in [0, 0.1) is 0 Å². The zero-order valence-electron chi connectivity index (χ0n) is 11.5. The van der Waals surface area contributed by atoms with E-state index in [4.69, 9.17) is 4.55 Å². The number of hydrogen-bond donors (Lipinski definition) is 2. The van der Waals surface area contributed by atoms with Gasteiger partial charge in [-0.25, -0.2) is 0 Å². The molecule has 0 aliphatic heterocycles. The Kier molecular flexibility index (Phi) is 6.16. The molecule has 0 saturated carbocycles. The van der Waals surface area contributed by atoms with E-state index in [1.165, 1.54) is 12.1 Å². The molecule has 5 nitrogen and oxygen atoms in total. The average molecular weight is 300 g/mol. The third kappa shape index (κ3) is 4.61. The number of hydrogen-bond acceptors (Lipinski definition) is 4. The molecule has 0 saturated heterocycles. The second-order valence-corrected chi connectivity index (χ2v) is 6.10. The predicted molar refractivity (Wildman–Crippen MR) is 75.6 cm³/mol. The smallest absolute Gasteiger partial charge is 0.298 e. The Morgan fingerprint density at radius 3 is 2.40 bits per heavy atom. The molecule has 1 aromatic rings. The molecule has 6 heteroatoms. The molecule has 0 bridgehead atoms. The van der Waals surface area contributed by atoms with Crippen LogP contribution in [0.3, 0.4) is 0 Å². The molecule has 0 heterocycles. The first kappa shape index (κ1) is 16.7. The van der Waals surface area contributed by atoms with Gasteiger partial charge in [-0.15, -0.1) is 0 Å². The lowest BCUT2D eigenvalue weighted by molar-refractivity contribution is 0.0976. The second-order valence-electron chi connectivity index (χ2n) is 4.71. The number of phenols is 1. The quantitative estimate of drug-likeness (QED) is 0.437. The molecule has 1 aromatic carbocycles. The third-order valence-corrected chi connectivity index (χ3v) is 3.97. The minimum absolute atomic E-state index is 0.0596. The highest BCUT2D eigenvalue weighted by atomic mass is 32.2. The fourth-order valence-corrected chi connectivity index (χ4v) is 2.58. The van der Waals surface area contributed by atoms with E-state index in [-0.39, 0.29) is 17.8 Å². The van der Waals surface area contributed by atoms with E-state index in [9.17, 15) is 18.3 Å². The molecular formula is C14H20O5S. The maximum atomic E-state index is 11.9. The highest BCUT2D eigenvalue weighted by Crippen LogP contribution is 2.27. The molecular weight excluding hydrogens is 280 g/mol. The molecule has 0 radical (unpaired) electrons. The molecule has 0 unspecified atom stereocenters. The Hall–Kier alpha value is -1.40. The summed E-state index contributed by atoms with van der Waals surface area (Å²) in [7, 11) is -4.52. The molecule has 20 heavy (non-hydrogen) atoms. The van der Waals surface area contributed by atoms with Gasteiger partial charge in [0.15, 0.2) is 5.78 Å². The van der Waals surface area contributed by atoms with Gasteiger partial charge in [-0.05, 0) is 18.6 Å². The lowest BCUT2D eigenvalue weighted by Crippen LogP contribution is -2.04. The van der Waals surface area contributed by atoms with Gasteiger partial charge >= 0.3 is 0 Å². The van der Waals surface area contributed by atoms with Gasteiger partial charge in [0.1, 0.15) is 10.6 Å². The van der Waals surface area contributed by atoms with Crippen molar-refractivity contribution < 1.29 is 22.9 Å². The Labute approximate surface area is 119 Å². The second kappa shape index (κ2) is 7.40. The first-order valence-electron chi connectivity index (χ1n) is 6.70. The van der Waals surface area contributed by atoms with Gasteiger partial charge in [0, 0.05) is 6.42 Å². The summed E-state index contributed by atoms with van der Waals surface area (Å²) in [6.07, 6.45) is 5.18. The van der Waals surface area contributed by atoms with Gasteiger partial charge in [-0.3, -0.25) is 9.35 Å². The summed E-state index contributed by atoms with van der Waals surface area (Å²) in [4.78, 5) is 11.3. The summed E-state index contributed by atoms with van der Waals surface area (Å²) in [5.74, 6) is -0.988. The van der Waals surface area contributed by atoms with Crippen molar-refractivity contribution in [3.63, 3.8) is 0 Å². The predicted octanol–water partition coefficient (Wildman–Crippen LogP) is 3.18. The summed E-state index contributed by atoms with van der Waals surface area (Å²) < 4.78 is 31.0. The van der Waals surface area contributed by atoms with Gasteiger partial charge in [0.05, 0.1) is 5.56 Å². The van der Waals surface area contributed by atoms with Gasteiger partial charge in [0.2, 0.25) is 0 Å². The number of ketones is 1. The first-order chi connectivity index (χ1) is 9.38. The standard InChI is InChI=1S/C14H20O5S/c1-2-3-4-5-6-9-12(15)11-8-7-10-13(14(11)16)20(17,18)19/h7-8,10,16H,2-6,9H2,1H3,(H,17,18,19). The SMILES string of the molecule is CCCCCCCC(=O)c1cccc(S(=O)(=O)O)c1O. The van der Waals surface area contributed by atoms with Crippen molar-refractivity contribution in [2.75, 3.05) is 0 Å². The number of aromatic hydroxyl groups is 1. The van der Waals surface area contributed by atoms with E-state index in [0.29, 0.717) is 6.42 Å². The molecule has 0 atom stereocenters. The summed E-state index contributed by atoms with van der Waals surface area (Å²) in [5.41, 5.74) is -0.0596. The maximum Gasteiger partial charge on any atom is 0.298 e. The van der Waals surface area contributed by atoms with Crippen molar-refractivity contribution in [3.05, 3.63) is 23.8 Å². The van der Waals surface area contributed by atoms with Crippen molar-refractivity contribution in [1.29, 1.82) is 0 Å². The fourth-order valence-electron chi connectivity index (χ4n) is 1.98. The van der Waals surface area contributed by atoms with Gasteiger partial charge in [-0.2, -0.15) is 8.42 Å². The number of rotatable bonds is 8. The van der Waals surface area contributed by atoms with Crippen molar-refractivity contribution in [2.24, 2.45) is 0 Å². The van der Waals surface area contributed by atoms with Crippen LogP contribution < -0.4 is 0 Å². The van der Waals surface area contributed by atoms with Gasteiger partial charge in [-0.1, -0.05) is 38.7 Å². The molecule has 0 aliphatic carbocycles. The molecule has 0 aliphatic rings. The number of para-hydroxylation sites is 1. The molecule has 0 amide bonds. The van der Waals surface area contributed by atoms with E-state index in [1.807, 2.05) is 0 Å². The Morgan fingerprint density at radius 2 is 1.80 bits per heavy atom. The Balaban J connectivity index is 2.74. The number of carbonyl (C=O) groups excluding carboxylic acids is 1. The van der Waals surface area contributed by atoms with Crippen LogP contribution in [-0.2, 0) is 10.1 Å². The average Bonchev–Trinajstić information content (AvgIpc) is 2.37. The fraction of sp³-hybridized carbons (Fsp3) is 0.500. The Morgan fingerprint density at radius 1 is 1.15 bits per heavy atom. The largest absolute Gasteiger partial charge is 0.506 e. The van der Waals surface area contributed by atoms with Crippen molar-refractivity contribution in [2.45, 2.75) is 50.3 Å². The summed E-state index contributed by atoms with van der Waals surface area (Å²) >= 11 is 0. The molecule has 0 spiro atoms. The number of Topliss-reactive ketones (excluding diaryl/α,β-unsaturated/α-hetero) is 1. The van der Waals surface area contributed by atoms with Crippen LogP contribution >= 0.6 is 0 Å². The van der Waals surface area contributed by atoms with Crippen LogP contribution in [0.1, 0.15) is 55.8 Å². The first-order valence-corrected chi connectivity index (χ1v) is 8.14. The van der Waals surface area contributed by atoms with E-state index in [0.717, 1.165) is 31.7 Å². The third-order valence-electron chi connectivity index (χ3n) is 3.08. The monoisotopic (exact) mass is 300 g/mol. The van der Waals surface area contributed by atoms with E-state index in [2.05, 4.69) is 6.92 Å². The summed E-state index contributed by atoms with van der Waals surface area (Å²) in [6.45, 7) is 2.10. The van der Waals surface area contributed by atoms with E-state index in [1.54, 1.807) is 0 Å². The molecule has 0 aromatic heterocycles. The van der Waals surface area contributed by atoms with Crippen molar-refractivity contribution in [1.82, 2.24) is 0 Å². The van der Waals surface area contributed by atoms with Crippen LogP contribution in [0.5, 0.6) is 5.75 Å². The minimum Gasteiger partial charge on any atom is -0.506 e. The highest BCUT2D eigenvalue weighted by molar-refractivity contribution is 7.86. The lowest BCUT2D eigenvalue weighted by Gasteiger charge is -2.07. The highest BCUT2D eigenvalue weighted by Gasteiger charge is 2.20. The Bertz CT molecular complexity index is 563. The zero-order valence-corrected chi connectivity index (χ0v) is 12.3. The van der Waals surface area contributed by atoms with Crippen LogP contribution in [0.25, 0.3) is 0 Å². The van der Waals surface area contributed by atoms with Gasteiger partial charge in [0.25, 0.3) is 10.1 Å². The number of unbranched alkanes of at least 4 members (excludes halogenated alkanes) is 4. The van der Waals surface area contributed by atoms with Crippen molar-refractivity contribution >= 4 is 15.9 Å². The van der Waals surface area contributed by atoms with Gasteiger partial charge < -0.3 is 5.11 Å². The summed E-state index contributed by atoms with van der Waals surface area (Å²) in [5, 5.41) is 9.78. The van der Waals surface area contributed by atoms with Crippen LogP contribution in [0.4, 0.5) is 0 Å². The minimum atomic E-state index is -4.52. The normalized spacial score (nSPS) is 11.5. The van der Waals surface area contributed by atoms with Crippen molar-refractivity contribution in [3.8, 4) is 5.75 Å². The molecule has 2 N–H and O–H groups in total. The van der Waals surface area contributed by atoms with Crippen LogP contribution in [-0.4, -0.2) is 23.9 Å². The number of carbonyl (C=O) groups is 1. The zero-order chi connectivity index (χ0) is 15.2. The van der Waals surface area contributed by atoms with Crippen LogP contribution in [0.2, 0.25) is 0 Å². The maximum absolute atomic E-state index is 11.9. The van der Waals surface area contributed by atoms with Crippen LogP contribution in [0.15, 0.2) is 23.1 Å². The number of benzene rings is 1. The topological polar surface area (TPSA) is 91.7 Å². The van der Waals surface area contributed by atoms with E-state index >= 15 is 0 Å². The molecule has 1 rings (SSSR count).